The maximum atomic E-state index is 13.8. The largest absolute Gasteiger partial charge is 0.619 e. The molecule has 3 aliphatic heterocycles. The highest BCUT2D eigenvalue weighted by Crippen LogP contribution is 2.32. The molecule has 4 heterocycles. The van der Waals surface area contributed by atoms with Crippen molar-refractivity contribution in [3.63, 3.8) is 0 Å². The van der Waals surface area contributed by atoms with Crippen LogP contribution in [0.25, 0.3) is 0 Å². The number of nitrogens with zero attached hydrogens (tertiary/aromatic N) is 4. The SMILES string of the molecule is CC(C)CC(NC(=O)c1ccc(N2CCNCC2)cc1)C(=O)N1CCC2C1C(=O)CN2C(=O)c1cc[n+]([O-])cc1. The monoisotopic (exact) mass is 548 g/mol. The van der Waals surface area contributed by atoms with E-state index in [1.807, 2.05) is 26.0 Å². The average Bonchev–Trinajstić information content (AvgIpc) is 3.54. The van der Waals surface area contributed by atoms with Crippen molar-refractivity contribution in [1.29, 1.82) is 0 Å². The first-order valence-corrected chi connectivity index (χ1v) is 13.9. The first-order valence-electron chi connectivity index (χ1n) is 13.9. The number of fused-ring (bicyclic) bond motifs is 1. The molecule has 1 aromatic carbocycles. The molecule has 2 N–H and O–H groups in total. The molecule has 0 saturated carbocycles. The number of hydrogen-bond acceptors (Lipinski definition) is 7. The van der Waals surface area contributed by atoms with Crippen molar-refractivity contribution < 1.29 is 23.9 Å². The zero-order valence-corrected chi connectivity index (χ0v) is 22.9. The minimum atomic E-state index is -0.793. The van der Waals surface area contributed by atoms with E-state index in [1.54, 1.807) is 12.1 Å². The van der Waals surface area contributed by atoms with Crippen molar-refractivity contribution in [3.8, 4) is 0 Å². The second-order valence-electron chi connectivity index (χ2n) is 11.1. The van der Waals surface area contributed by atoms with Crippen molar-refractivity contribution in [3.05, 3.63) is 65.1 Å². The van der Waals surface area contributed by atoms with Crippen LogP contribution in [0, 0.1) is 11.1 Å². The number of amides is 3. The molecule has 3 aliphatic rings. The van der Waals surface area contributed by atoms with Gasteiger partial charge in [0.25, 0.3) is 11.8 Å². The lowest BCUT2D eigenvalue weighted by atomic mass is 10.0. The lowest BCUT2D eigenvalue weighted by Crippen LogP contribution is -2.53. The van der Waals surface area contributed by atoms with E-state index in [2.05, 4.69) is 15.5 Å². The summed E-state index contributed by atoms with van der Waals surface area (Å²) in [7, 11) is 0. The van der Waals surface area contributed by atoms with Gasteiger partial charge in [-0.25, -0.2) is 0 Å². The maximum absolute atomic E-state index is 13.8. The summed E-state index contributed by atoms with van der Waals surface area (Å²) in [5.41, 5.74) is 1.84. The Morgan fingerprint density at radius 3 is 2.33 bits per heavy atom. The second kappa shape index (κ2) is 11.6. The van der Waals surface area contributed by atoms with Crippen LogP contribution in [0.4, 0.5) is 5.69 Å². The zero-order chi connectivity index (χ0) is 28.4. The number of carbonyl (C=O) groups is 4. The van der Waals surface area contributed by atoms with E-state index < -0.39 is 18.1 Å². The van der Waals surface area contributed by atoms with Gasteiger partial charge in [0.05, 0.1) is 18.2 Å². The van der Waals surface area contributed by atoms with Crippen LogP contribution in [0.1, 0.15) is 47.4 Å². The topological polar surface area (TPSA) is 129 Å². The Balaban J connectivity index is 1.28. The zero-order valence-electron chi connectivity index (χ0n) is 22.9. The molecule has 0 bridgehead atoms. The van der Waals surface area contributed by atoms with Gasteiger partial charge in [0.2, 0.25) is 5.91 Å². The van der Waals surface area contributed by atoms with Gasteiger partial charge in [-0.05, 0) is 43.0 Å². The molecule has 40 heavy (non-hydrogen) atoms. The number of anilines is 1. The summed E-state index contributed by atoms with van der Waals surface area (Å²) < 4.78 is 0.592. The van der Waals surface area contributed by atoms with Crippen molar-refractivity contribution in [2.75, 3.05) is 44.2 Å². The van der Waals surface area contributed by atoms with Crippen LogP contribution in [0.15, 0.2) is 48.8 Å². The quantitative estimate of drug-likeness (QED) is 0.382. The van der Waals surface area contributed by atoms with Gasteiger partial charge < -0.3 is 30.5 Å². The molecule has 5 rings (SSSR count). The van der Waals surface area contributed by atoms with Gasteiger partial charge in [-0.15, -0.1) is 0 Å². The lowest BCUT2D eigenvalue weighted by Gasteiger charge is -2.30. The predicted octanol–water partition coefficient (Wildman–Crippen LogP) is 0.569. The third-order valence-corrected chi connectivity index (χ3v) is 7.94. The van der Waals surface area contributed by atoms with Crippen molar-refractivity contribution in [1.82, 2.24) is 20.4 Å². The van der Waals surface area contributed by atoms with Gasteiger partial charge in [0.15, 0.2) is 18.2 Å². The fraction of sp³-hybridized carbons (Fsp3) is 0.483. The van der Waals surface area contributed by atoms with Gasteiger partial charge in [-0.2, -0.15) is 4.73 Å². The Hall–Kier alpha value is -3.99. The molecular weight excluding hydrogens is 512 g/mol. The van der Waals surface area contributed by atoms with Gasteiger partial charge >= 0.3 is 0 Å². The van der Waals surface area contributed by atoms with Crippen molar-refractivity contribution in [2.45, 2.75) is 44.8 Å². The van der Waals surface area contributed by atoms with Gasteiger partial charge in [-0.3, -0.25) is 19.2 Å². The maximum Gasteiger partial charge on any atom is 0.255 e. The third-order valence-electron chi connectivity index (χ3n) is 7.94. The molecule has 0 aliphatic carbocycles. The summed E-state index contributed by atoms with van der Waals surface area (Å²) in [6.45, 7) is 7.84. The number of benzene rings is 1. The van der Waals surface area contributed by atoms with E-state index in [0.29, 0.717) is 35.2 Å². The summed E-state index contributed by atoms with van der Waals surface area (Å²) in [6, 6.07) is 8.29. The van der Waals surface area contributed by atoms with Crippen LogP contribution < -0.4 is 20.3 Å². The van der Waals surface area contributed by atoms with Crippen LogP contribution in [-0.4, -0.2) is 90.7 Å². The molecule has 3 atom stereocenters. The van der Waals surface area contributed by atoms with Crippen LogP contribution in [0.2, 0.25) is 0 Å². The number of ketones is 1. The fourth-order valence-electron chi connectivity index (χ4n) is 5.94. The number of aromatic nitrogens is 1. The van der Waals surface area contributed by atoms with E-state index in [4.69, 9.17) is 0 Å². The van der Waals surface area contributed by atoms with E-state index in [1.165, 1.54) is 34.3 Å². The molecule has 3 unspecified atom stereocenters. The molecule has 212 valence electrons. The standard InChI is InChI=1S/C29H36N6O5/c1-19(2)17-23(31-27(37)20-3-5-22(6-4-20)32-15-10-30-11-16-32)29(39)34-14-9-24-26(34)25(36)18-35(24)28(38)21-7-12-33(40)13-8-21/h3-8,12-13,19,23-24,26,30H,9-11,14-18H2,1-2H3,(H,31,37). The predicted molar refractivity (Wildman–Crippen MR) is 148 cm³/mol. The second-order valence-corrected chi connectivity index (χ2v) is 11.1. The normalized spacial score (nSPS) is 21.5. The molecular formula is C29H36N6O5. The number of Topliss-reactive ketones (excluding diaryl/α,β-unsaturated/α-hetero) is 1. The summed E-state index contributed by atoms with van der Waals surface area (Å²) in [5.74, 6) is -1.05. The molecule has 0 spiro atoms. The van der Waals surface area contributed by atoms with E-state index in [0.717, 1.165) is 31.9 Å². The minimum Gasteiger partial charge on any atom is -0.619 e. The molecule has 11 heteroatoms. The number of hydrogen-bond donors (Lipinski definition) is 2. The van der Waals surface area contributed by atoms with Crippen molar-refractivity contribution in [2.24, 2.45) is 5.92 Å². The summed E-state index contributed by atoms with van der Waals surface area (Å²) in [4.78, 5) is 58.5. The number of piperazine rings is 1. The number of carbonyl (C=O) groups excluding carboxylic acids is 4. The highest BCUT2D eigenvalue weighted by atomic mass is 16.5. The van der Waals surface area contributed by atoms with E-state index in [9.17, 15) is 24.4 Å². The average molecular weight is 549 g/mol. The highest BCUT2D eigenvalue weighted by molar-refractivity contribution is 6.03. The molecule has 3 fully saturated rings. The van der Waals surface area contributed by atoms with Gasteiger partial charge in [0, 0.05) is 56.1 Å². The van der Waals surface area contributed by atoms with Crippen LogP contribution >= 0.6 is 0 Å². The lowest BCUT2D eigenvalue weighted by molar-refractivity contribution is -0.605. The van der Waals surface area contributed by atoms with E-state index in [-0.39, 0.29) is 36.0 Å². The molecule has 11 nitrogen and oxygen atoms in total. The number of pyridine rings is 1. The Bertz CT molecular complexity index is 1260. The molecule has 1 aromatic heterocycles. The van der Waals surface area contributed by atoms with E-state index >= 15 is 0 Å². The first kappa shape index (κ1) is 27.6. The third kappa shape index (κ3) is 5.65. The molecule has 3 saturated heterocycles. The highest BCUT2D eigenvalue weighted by Gasteiger charge is 2.52. The smallest absolute Gasteiger partial charge is 0.255 e. The first-order chi connectivity index (χ1) is 19.2. The Morgan fingerprint density at radius 1 is 1.00 bits per heavy atom. The molecule has 3 amide bonds. The summed E-state index contributed by atoms with van der Waals surface area (Å²) in [5, 5.41) is 17.6. The molecule has 0 radical (unpaired) electrons. The van der Waals surface area contributed by atoms with Crippen molar-refractivity contribution >= 4 is 29.2 Å². The van der Waals surface area contributed by atoms with Crippen LogP contribution in [0.3, 0.4) is 0 Å². The van der Waals surface area contributed by atoms with Gasteiger partial charge in [-0.1, -0.05) is 13.8 Å². The number of likely N-dealkylation sites (tertiary alicyclic amines) is 2. The summed E-state index contributed by atoms with van der Waals surface area (Å²) >= 11 is 0. The Labute approximate surface area is 233 Å². The molecule has 2 aromatic rings. The number of nitrogens with one attached hydrogen (secondary N) is 2. The summed E-state index contributed by atoms with van der Waals surface area (Å²) in [6.07, 6.45) is 3.38. The Morgan fingerprint density at radius 2 is 1.68 bits per heavy atom. The Kier molecular flexibility index (Phi) is 8.02. The van der Waals surface area contributed by atoms with Gasteiger partial charge in [0.1, 0.15) is 12.1 Å². The van der Waals surface area contributed by atoms with Crippen LogP contribution in [-0.2, 0) is 9.59 Å². The van der Waals surface area contributed by atoms with Crippen LogP contribution in [0.5, 0.6) is 0 Å². The minimum absolute atomic E-state index is 0.0924. The number of rotatable bonds is 7. The fourth-order valence-corrected chi connectivity index (χ4v) is 5.94.